The molecule has 12 heteroatoms. The Morgan fingerprint density at radius 3 is 2.35 bits per heavy atom. The third kappa shape index (κ3) is 6.12. The molecule has 4 aromatic rings. The number of benzene rings is 3. The van der Waals surface area contributed by atoms with Gasteiger partial charge in [-0.25, -0.2) is 13.2 Å². The minimum absolute atomic E-state index is 0.0439. The van der Waals surface area contributed by atoms with E-state index in [2.05, 4.69) is 5.32 Å². The summed E-state index contributed by atoms with van der Waals surface area (Å²) in [5.74, 6) is -1.43. The highest BCUT2D eigenvalue weighted by atomic mass is 35.7. The molecule has 0 saturated carbocycles. The number of nitrogens with zero attached hydrogens (tertiary/aromatic N) is 2. The van der Waals surface area contributed by atoms with Crippen LogP contribution in [0.5, 0.6) is 0 Å². The Morgan fingerprint density at radius 1 is 1.09 bits per heavy atom. The summed E-state index contributed by atoms with van der Waals surface area (Å²) in [6.45, 7) is 7.18. The molecule has 1 aliphatic rings. The number of anilines is 1. The van der Waals surface area contributed by atoms with E-state index in [0.717, 1.165) is 5.56 Å². The van der Waals surface area contributed by atoms with Gasteiger partial charge in [0.2, 0.25) is 17.1 Å². The molecule has 0 saturated heterocycles. The van der Waals surface area contributed by atoms with Crippen molar-refractivity contribution in [3.63, 3.8) is 0 Å². The number of hydrogen-bond donors (Lipinski definition) is 2. The Hall–Kier alpha value is -4.61. The van der Waals surface area contributed by atoms with Gasteiger partial charge in [-0.2, -0.15) is 4.57 Å². The second-order valence-electron chi connectivity index (χ2n) is 12.2. The summed E-state index contributed by atoms with van der Waals surface area (Å²) < 4.78 is 25.6. The van der Waals surface area contributed by atoms with Crippen LogP contribution in [0.1, 0.15) is 63.6 Å². The first-order valence-corrected chi connectivity index (χ1v) is 16.8. The van der Waals surface area contributed by atoms with Crippen molar-refractivity contribution in [2.45, 2.75) is 51.9 Å². The molecule has 1 heterocycles. The Bertz CT molecular complexity index is 2100. The molecule has 0 fully saturated rings. The van der Waals surface area contributed by atoms with Crippen molar-refractivity contribution in [2.75, 3.05) is 5.32 Å². The van der Waals surface area contributed by atoms with E-state index in [-0.39, 0.29) is 34.9 Å². The zero-order chi connectivity index (χ0) is 33.7. The topological polar surface area (TPSA) is 148 Å². The van der Waals surface area contributed by atoms with Crippen LogP contribution in [-0.4, -0.2) is 30.3 Å². The van der Waals surface area contributed by atoms with Crippen LogP contribution < -0.4 is 9.88 Å². The van der Waals surface area contributed by atoms with Crippen molar-refractivity contribution < 1.29 is 32.6 Å². The van der Waals surface area contributed by atoms with Crippen molar-refractivity contribution in [3.05, 3.63) is 110 Å². The molecule has 0 bridgehead atoms. The number of nitrogens with one attached hydrogen (secondary N) is 1. The highest BCUT2D eigenvalue weighted by molar-refractivity contribution is 8.13. The molecule has 1 amide bonds. The fourth-order valence-electron chi connectivity index (χ4n) is 6.45. The number of nitro groups is 1. The maximum Gasteiger partial charge on any atom is 0.337 e. The SMILES string of the molecule is Cc1ccc2c(C(=O)O)c3c([n+](C)c2c1)C(c1ccccc1[N+](=O)[O-])=CC(C)(CCC(=O)Nc1c(C)cc(S(=O)(=O)Cl)cc1C)C3. The molecule has 1 unspecified atom stereocenters. The smallest absolute Gasteiger partial charge is 0.337 e. The fraction of sp³-hybridized carbons (Fsp3) is 0.265. The third-order valence-corrected chi connectivity index (χ3v) is 9.95. The number of aromatic carboxylic acids is 1. The summed E-state index contributed by atoms with van der Waals surface area (Å²) in [4.78, 5) is 37.8. The number of carboxylic acid groups (broad SMARTS) is 1. The van der Waals surface area contributed by atoms with E-state index in [1.165, 1.54) is 18.2 Å². The van der Waals surface area contributed by atoms with Gasteiger partial charge in [0.1, 0.15) is 7.05 Å². The number of carbonyl (C=O) groups excluding carboxylic acids is 1. The van der Waals surface area contributed by atoms with Crippen LogP contribution in [0.25, 0.3) is 16.5 Å². The first-order chi connectivity index (χ1) is 21.5. The second-order valence-corrected chi connectivity index (χ2v) is 14.7. The number of aromatic nitrogens is 1. The van der Waals surface area contributed by atoms with Gasteiger partial charge in [0, 0.05) is 40.5 Å². The largest absolute Gasteiger partial charge is 0.478 e. The molecule has 2 N–H and O–H groups in total. The number of para-hydroxylation sites is 1. The van der Waals surface area contributed by atoms with Crippen LogP contribution in [0.4, 0.5) is 11.4 Å². The standard InChI is InChI=1S/C34H32ClN3O7S/c1-19-10-11-24-28(14-19)37(5)32-25(23-8-6-7-9-27(23)38(42)43)17-34(4,18-26(32)30(24)33(40)41)13-12-29(39)36-31-20(2)15-22(16-21(31)3)46(35,44)45/h6-11,14-17H,12-13,18H2,1-5H3,(H-,36,39,40,41)/p+1. The van der Waals surface area contributed by atoms with Gasteiger partial charge in [0.15, 0.2) is 0 Å². The molecule has 5 rings (SSSR count). The van der Waals surface area contributed by atoms with Crippen LogP contribution >= 0.6 is 10.7 Å². The van der Waals surface area contributed by atoms with E-state index in [0.29, 0.717) is 56.5 Å². The molecule has 10 nitrogen and oxygen atoms in total. The zero-order valence-corrected chi connectivity index (χ0v) is 27.5. The van der Waals surface area contributed by atoms with Gasteiger partial charge in [-0.3, -0.25) is 14.9 Å². The van der Waals surface area contributed by atoms with Gasteiger partial charge >= 0.3 is 5.97 Å². The Morgan fingerprint density at radius 2 is 1.74 bits per heavy atom. The second kappa shape index (κ2) is 12.0. The summed E-state index contributed by atoms with van der Waals surface area (Å²) in [5.41, 5.74) is 4.40. The average molecular weight is 663 g/mol. The number of halogens is 1. The summed E-state index contributed by atoms with van der Waals surface area (Å²) in [6, 6.07) is 14.7. The van der Waals surface area contributed by atoms with Crippen LogP contribution in [-0.2, 0) is 27.3 Å². The van der Waals surface area contributed by atoms with Crippen LogP contribution in [0.15, 0.2) is 65.6 Å². The molecule has 238 valence electrons. The summed E-state index contributed by atoms with van der Waals surface area (Å²) in [5, 5.41) is 26.1. The maximum atomic E-state index is 13.3. The first kappa shape index (κ1) is 32.8. The van der Waals surface area contributed by atoms with Gasteiger partial charge in [0.25, 0.3) is 14.7 Å². The molecule has 0 aliphatic heterocycles. The number of hydrogen-bond acceptors (Lipinski definition) is 6. The van der Waals surface area contributed by atoms with Gasteiger partial charge < -0.3 is 10.4 Å². The predicted molar refractivity (Wildman–Crippen MR) is 176 cm³/mol. The predicted octanol–water partition coefficient (Wildman–Crippen LogP) is 6.54. The molecule has 0 radical (unpaired) electrons. The van der Waals surface area contributed by atoms with E-state index >= 15 is 0 Å². The number of pyridine rings is 1. The van der Waals surface area contributed by atoms with Crippen LogP contribution in [0.3, 0.4) is 0 Å². The lowest BCUT2D eigenvalue weighted by molar-refractivity contribution is -0.647. The third-order valence-electron chi connectivity index (χ3n) is 8.62. The van der Waals surface area contributed by atoms with E-state index < -0.39 is 25.4 Å². The number of nitro benzene ring substituents is 1. The first-order valence-electron chi connectivity index (χ1n) is 14.5. The molecule has 1 aromatic heterocycles. The van der Waals surface area contributed by atoms with Gasteiger partial charge in [-0.15, -0.1) is 0 Å². The summed E-state index contributed by atoms with van der Waals surface area (Å²) in [6.07, 6.45) is 2.54. The lowest BCUT2D eigenvalue weighted by Gasteiger charge is -2.33. The Kier molecular flexibility index (Phi) is 8.52. The molecular weight excluding hydrogens is 630 g/mol. The minimum atomic E-state index is -3.95. The minimum Gasteiger partial charge on any atom is -0.478 e. The van der Waals surface area contributed by atoms with Crippen LogP contribution in [0.2, 0.25) is 0 Å². The van der Waals surface area contributed by atoms with Crippen molar-refractivity contribution in [1.29, 1.82) is 0 Å². The number of allylic oxidation sites excluding steroid dienone is 1. The van der Waals surface area contributed by atoms with Gasteiger partial charge in [-0.1, -0.05) is 31.2 Å². The monoisotopic (exact) mass is 662 g/mol. The Labute approximate surface area is 270 Å². The number of fused-ring (bicyclic) bond motifs is 2. The normalized spacial score (nSPS) is 16.1. The number of carbonyl (C=O) groups is 2. The summed E-state index contributed by atoms with van der Waals surface area (Å²) in [7, 11) is 3.40. The number of carboxylic acids is 1. The number of amides is 1. The van der Waals surface area contributed by atoms with Gasteiger partial charge in [-0.05, 0) is 80.0 Å². The molecule has 46 heavy (non-hydrogen) atoms. The number of aryl methyl sites for hydroxylation is 4. The van der Waals surface area contributed by atoms with E-state index in [9.17, 15) is 33.2 Å². The lowest BCUT2D eigenvalue weighted by Crippen LogP contribution is -2.40. The summed E-state index contributed by atoms with van der Waals surface area (Å²) >= 11 is 0. The molecule has 1 atom stereocenters. The van der Waals surface area contributed by atoms with Crippen molar-refractivity contribution in [1.82, 2.24) is 0 Å². The number of rotatable bonds is 8. The highest BCUT2D eigenvalue weighted by Crippen LogP contribution is 2.45. The van der Waals surface area contributed by atoms with Crippen molar-refractivity contribution >= 4 is 59.5 Å². The quantitative estimate of drug-likeness (QED) is 0.0942. The van der Waals surface area contributed by atoms with Gasteiger partial charge in [0.05, 0.1) is 31.9 Å². The Balaban J connectivity index is 1.61. The molecule has 0 spiro atoms. The molecule has 1 aliphatic carbocycles. The van der Waals surface area contributed by atoms with Crippen molar-refractivity contribution in [2.24, 2.45) is 12.5 Å². The highest BCUT2D eigenvalue weighted by Gasteiger charge is 2.41. The fourth-order valence-corrected chi connectivity index (χ4v) is 7.36. The average Bonchev–Trinajstić information content (AvgIpc) is 2.97. The van der Waals surface area contributed by atoms with Crippen molar-refractivity contribution in [3.8, 4) is 0 Å². The zero-order valence-electron chi connectivity index (χ0n) is 26.0. The lowest BCUT2D eigenvalue weighted by atomic mass is 9.70. The maximum absolute atomic E-state index is 13.3. The van der Waals surface area contributed by atoms with Crippen LogP contribution in [0, 0.1) is 36.3 Å². The van der Waals surface area contributed by atoms with E-state index in [4.69, 9.17) is 10.7 Å². The molecular formula is C34H33ClN3O7S+. The molecule has 3 aromatic carbocycles. The van der Waals surface area contributed by atoms with E-state index in [1.807, 2.05) is 43.7 Å². The van der Waals surface area contributed by atoms with E-state index in [1.54, 1.807) is 38.1 Å².